The van der Waals surface area contributed by atoms with E-state index in [1.807, 2.05) is 32.0 Å². The van der Waals surface area contributed by atoms with Crippen LogP contribution in [0, 0.1) is 0 Å². The Bertz CT molecular complexity index is 739. The Labute approximate surface area is 189 Å². The van der Waals surface area contributed by atoms with Crippen molar-refractivity contribution in [1.82, 2.24) is 4.90 Å². The van der Waals surface area contributed by atoms with Crippen LogP contribution in [0.5, 0.6) is 0 Å². The van der Waals surface area contributed by atoms with Crippen LogP contribution < -0.4 is 5.73 Å². The third-order valence-corrected chi connectivity index (χ3v) is 4.97. The average Bonchev–Trinajstić information content (AvgIpc) is 2.76. The van der Waals surface area contributed by atoms with Gasteiger partial charge in [-0.25, -0.2) is 0 Å². The molecule has 0 atom stereocenters. The van der Waals surface area contributed by atoms with Crippen LogP contribution in [0.2, 0.25) is 0 Å². The summed E-state index contributed by atoms with van der Waals surface area (Å²) in [5.74, 6) is -0.215. The Kier molecular flexibility index (Phi) is 15.0. The van der Waals surface area contributed by atoms with E-state index in [4.69, 9.17) is 5.73 Å². The molecule has 0 unspecified atom stereocenters. The lowest BCUT2D eigenvalue weighted by molar-refractivity contribution is -0.125. The smallest absolute Gasteiger partial charge is 0.254 e. The third-order valence-electron chi connectivity index (χ3n) is 4.28. The predicted octanol–water partition coefficient (Wildman–Crippen LogP) is 5.36. The first-order chi connectivity index (χ1) is 14.5. The molecule has 164 valence electrons. The first kappa shape index (κ1) is 27.5. The zero-order valence-electron chi connectivity index (χ0n) is 18.4. The number of aldehydes is 1. The lowest BCUT2D eigenvalue weighted by Crippen LogP contribution is -2.29. The van der Waals surface area contributed by atoms with Gasteiger partial charge in [-0.2, -0.15) is 0 Å². The van der Waals surface area contributed by atoms with Crippen LogP contribution in [0.4, 0.5) is 5.69 Å². The molecule has 0 aliphatic heterocycles. The number of carbonyl (C=O) groups excluding carboxylic acids is 2. The Balaban J connectivity index is 0.00000407. The van der Waals surface area contributed by atoms with Crippen molar-refractivity contribution in [3.8, 4) is 0 Å². The molecule has 1 aromatic carbocycles. The average molecular weight is 476 g/mol. The summed E-state index contributed by atoms with van der Waals surface area (Å²) in [4.78, 5) is 29.4. The van der Waals surface area contributed by atoms with E-state index in [1.165, 1.54) is 12.2 Å². The van der Waals surface area contributed by atoms with Crippen LogP contribution in [-0.4, -0.2) is 43.4 Å². The molecular formula is C24H34BrN3O2. The Hall–Kier alpha value is -2.47. The number of anilines is 1. The highest BCUT2D eigenvalue weighted by atomic mass is 79.9. The van der Waals surface area contributed by atoms with Crippen molar-refractivity contribution in [2.75, 3.05) is 25.9 Å². The molecular weight excluding hydrogens is 442 g/mol. The number of unbranched alkanes of at least 4 members (excludes halogenated alkanes) is 3. The van der Waals surface area contributed by atoms with Gasteiger partial charge in [-0.1, -0.05) is 74.0 Å². The molecule has 0 aliphatic rings. The van der Waals surface area contributed by atoms with E-state index in [0.29, 0.717) is 18.5 Å². The highest BCUT2D eigenvalue weighted by Gasteiger charge is 2.14. The van der Waals surface area contributed by atoms with E-state index in [-0.39, 0.29) is 17.1 Å². The number of likely N-dealkylation sites (N-methyl/N-ethyl adjacent to an activating group) is 1. The molecule has 1 rings (SSSR count). The summed E-state index contributed by atoms with van der Waals surface area (Å²) in [6.07, 6.45) is 9.09. The summed E-state index contributed by atoms with van der Waals surface area (Å²) < 4.78 is 0.936. The number of nitrogen functional groups attached to an aromatic ring is 1. The van der Waals surface area contributed by atoms with Crippen LogP contribution in [0.15, 0.2) is 64.1 Å². The summed E-state index contributed by atoms with van der Waals surface area (Å²) in [7, 11) is 1.73. The number of benzene rings is 1. The zero-order valence-corrected chi connectivity index (χ0v) is 20.0. The highest BCUT2D eigenvalue weighted by molar-refractivity contribution is 9.10. The van der Waals surface area contributed by atoms with E-state index in [9.17, 15) is 9.59 Å². The molecule has 0 fully saturated rings. The molecule has 30 heavy (non-hydrogen) atoms. The number of amides is 1. The van der Waals surface area contributed by atoms with Crippen molar-refractivity contribution in [2.45, 2.75) is 39.5 Å². The second-order valence-electron chi connectivity index (χ2n) is 6.31. The van der Waals surface area contributed by atoms with Crippen molar-refractivity contribution >= 4 is 40.0 Å². The maximum atomic E-state index is 12.4. The molecule has 0 aliphatic carbocycles. The van der Waals surface area contributed by atoms with Crippen LogP contribution in [0.3, 0.4) is 0 Å². The summed E-state index contributed by atoms with van der Waals surface area (Å²) in [6, 6.07) is 5.68. The Morgan fingerprint density at radius 1 is 1.17 bits per heavy atom. The van der Waals surface area contributed by atoms with Gasteiger partial charge in [-0.15, -0.1) is 0 Å². The first-order valence-corrected chi connectivity index (χ1v) is 11.0. The molecule has 0 saturated heterocycles. The Morgan fingerprint density at radius 3 is 2.40 bits per heavy atom. The number of hydrogen-bond donors (Lipinski definition) is 1. The summed E-state index contributed by atoms with van der Waals surface area (Å²) >= 11 is 3.47. The molecule has 1 amide bonds. The van der Waals surface area contributed by atoms with Crippen LogP contribution in [0.1, 0.15) is 45.1 Å². The van der Waals surface area contributed by atoms with E-state index in [0.717, 1.165) is 42.3 Å². The minimum Gasteiger partial charge on any atom is -0.398 e. The van der Waals surface area contributed by atoms with Gasteiger partial charge in [0.25, 0.3) is 5.91 Å². The lowest BCUT2D eigenvalue weighted by Gasteiger charge is -2.18. The molecule has 5 nitrogen and oxygen atoms in total. The SMILES string of the molecule is C=C/C(C=O)=C(\C=C)C(=O)N(C)CCCCCCN=Cc1c(N)cccc1Br.CC. The third kappa shape index (κ3) is 9.35. The number of halogens is 1. The van der Waals surface area contributed by atoms with Gasteiger partial charge in [0, 0.05) is 53.2 Å². The number of allylic oxidation sites excluding steroid dienone is 2. The molecule has 6 heteroatoms. The van der Waals surface area contributed by atoms with E-state index in [1.54, 1.807) is 18.2 Å². The van der Waals surface area contributed by atoms with Crippen molar-refractivity contribution in [2.24, 2.45) is 4.99 Å². The summed E-state index contributed by atoms with van der Waals surface area (Å²) in [6.45, 7) is 12.5. The van der Waals surface area contributed by atoms with Gasteiger partial charge < -0.3 is 10.6 Å². The standard InChI is InChI=1S/C22H28BrN3O2.C2H6/c1-4-17(16-27)18(5-2)22(28)26(3)14-9-7-6-8-13-25-15-19-20(23)11-10-12-21(19)24;1-2/h4-5,10-12,15-16H,1-2,6-9,13-14,24H2,3H3;1-2H3/b18-17-,25-15?;. The van der Waals surface area contributed by atoms with Crippen molar-refractivity contribution in [1.29, 1.82) is 0 Å². The van der Waals surface area contributed by atoms with Crippen molar-refractivity contribution in [3.05, 3.63) is 64.7 Å². The van der Waals surface area contributed by atoms with Gasteiger partial charge in [0.1, 0.15) is 0 Å². The van der Waals surface area contributed by atoms with E-state index >= 15 is 0 Å². The fourth-order valence-corrected chi connectivity index (χ4v) is 3.09. The zero-order chi connectivity index (χ0) is 22.9. The molecule has 1 aromatic rings. The molecule has 0 radical (unpaired) electrons. The van der Waals surface area contributed by atoms with E-state index < -0.39 is 0 Å². The van der Waals surface area contributed by atoms with E-state index in [2.05, 4.69) is 34.1 Å². The largest absolute Gasteiger partial charge is 0.398 e. The predicted molar refractivity (Wildman–Crippen MR) is 132 cm³/mol. The topological polar surface area (TPSA) is 75.8 Å². The van der Waals surface area contributed by atoms with Crippen molar-refractivity contribution in [3.63, 3.8) is 0 Å². The van der Waals surface area contributed by atoms with Crippen LogP contribution in [0.25, 0.3) is 0 Å². The molecule has 2 N–H and O–H groups in total. The molecule has 0 spiro atoms. The number of nitrogens with zero attached hydrogens (tertiary/aromatic N) is 2. The number of hydrogen-bond acceptors (Lipinski definition) is 4. The molecule has 0 saturated carbocycles. The lowest BCUT2D eigenvalue weighted by atomic mass is 10.1. The fourth-order valence-electron chi connectivity index (χ4n) is 2.61. The van der Waals surface area contributed by atoms with Crippen LogP contribution >= 0.6 is 15.9 Å². The number of aliphatic imine (C=N–C) groups is 1. The number of rotatable bonds is 12. The number of carbonyl (C=O) groups is 2. The van der Waals surface area contributed by atoms with Gasteiger partial charge in [-0.3, -0.25) is 14.6 Å². The van der Waals surface area contributed by atoms with Gasteiger partial charge in [0.2, 0.25) is 0 Å². The maximum Gasteiger partial charge on any atom is 0.254 e. The Morgan fingerprint density at radius 2 is 1.83 bits per heavy atom. The van der Waals surface area contributed by atoms with Crippen LogP contribution in [-0.2, 0) is 9.59 Å². The minimum atomic E-state index is -0.215. The minimum absolute atomic E-state index is 0.215. The van der Waals surface area contributed by atoms with Crippen molar-refractivity contribution < 1.29 is 9.59 Å². The molecule has 0 bridgehead atoms. The maximum absolute atomic E-state index is 12.4. The summed E-state index contributed by atoms with van der Waals surface area (Å²) in [5, 5.41) is 0. The quantitative estimate of drug-likeness (QED) is 0.110. The monoisotopic (exact) mass is 475 g/mol. The number of nitrogens with two attached hydrogens (primary N) is 1. The second kappa shape index (κ2) is 16.3. The second-order valence-corrected chi connectivity index (χ2v) is 7.17. The van der Waals surface area contributed by atoms with Gasteiger partial charge in [0.05, 0.1) is 0 Å². The van der Waals surface area contributed by atoms with Gasteiger partial charge in [-0.05, 0) is 25.0 Å². The first-order valence-electron chi connectivity index (χ1n) is 10.2. The van der Waals surface area contributed by atoms with Gasteiger partial charge in [0.15, 0.2) is 6.29 Å². The summed E-state index contributed by atoms with van der Waals surface area (Å²) in [5.41, 5.74) is 8.09. The normalized spacial score (nSPS) is 11.2. The molecule has 0 heterocycles. The molecule has 0 aromatic heterocycles. The highest BCUT2D eigenvalue weighted by Crippen LogP contribution is 2.20. The fraction of sp³-hybridized carbons (Fsp3) is 0.375. The van der Waals surface area contributed by atoms with Gasteiger partial charge >= 0.3 is 0 Å².